The lowest BCUT2D eigenvalue weighted by molar-refractivity contribution is -0.170. The summed E-state index contributed by atoms with van der Waals surface area (Å²) in [6.45, 7) is 39.8. The summed E-state index contributed by atoms with van der Waals surface area (Å²) in [5, 5.41) is 0. The molecule has 3 fully saturated rings. The molecule has 3 amide bonds. The van der Waals surface area contributed by atoms with Crippen molar-refractivity contribution >= 4 is 48.1 Å². The summed E-state index contributed by atoms with van der Waals surface area (Å²) in [5.41, 5.74) is 5.68. The van der Waals surface area contributed by atoms with Gasteiger partial charge < -0.3 is 47.5 Å². The topological polar surface area (TPSA) is 226 Å². The number of likely N-dealkylation sites (tertiary alicyclic amines) is 1. The summed E-state index contributed by atoms with van der Waals surface area (Å²) in [6, 6.07) is 68.5. The zero-order chi connectivity index (χ0) is 101. The number of amides is 3. The fraction of sp³-hybridized carbons (Fsp3) is 0.576. The monoisotopic (exact) mass is 1890 g/mol. The molecule has 1 aliphatic heterocycles. The smallest absolute Gasteiger partial charge is 0.419 e. The van der Waals surface area contributed by atoms with Crippen LogP contribution in [0.15, 0.2) is 206 Å². The highest BCUT2D eigenvalue weighted by Crippen LogP contribution is 2.39. The maximum atomic E-state index is 12.6. The number of methoxy groups -OCH3 is 1. The summed E-state index contributed by atoms with van der Waals surface area (Å²) < 4.78 is 49.4. The number of hydrogen-bond donors (Lipinski definition) is 0. The van der Waals surface area contributed by atoms with Crippen LogP contribution in [0.3, 0.4) is 0 Å². The van der Waals surface area contributed by atoms with Crippen molar-refractivity contribution in [2.75, 3.05) is 26.7 Å². The lowest BCUT2D eigenvalue weighted by Gasteiger charge is -2.40. The number of ether oxygens (including phenoxy) is 9. The van der Waals surface area contributed by atoms with Crippen LogP contribution in [-0.4, -0.2) is 124 Å². The first kappa shape index (κ1) is 119. The number of carbonyl (C=O) groups excluding carboxylic acids is 8. The van der Waals surface area contributed by atoms with E-state index in [-0.39, 0.29) is 70.5 Å². The van der Waals surface area contributed by atoms with Crippen LogP contribution in [-0.2, 0) is 107 Å². The number of hydrogen-bond acceptors (Lipinski definition) is 17. The zero-order valence-electron chi connectivity index (χ0n) is 87.7. The molecule has 0 aromatic heterocycles. The van der Waals surface area contributed by atoms with Crippen molar-refractivity contribution < 1.29 is 81.0 Å². The fourth-order valence-electron chi connectivity index (χ4n) is 15.8. The Labute approximate surface area is 825 Å². The number of nitrogens with zero attached hydrogens (tertiary/aromatic N) is 2. The van der Waals surface area contributed by atoms with Gasteiger partial charge in [-0.15, -0.1) is 0 Å². The molecule has 0 N–H and O–H groups in total. The van der Waals surface area contributed by atoms with Crippen molar-refractivity contribution in [1.82, 2.24) is 9.80 Å². The molecule has 1 heterocycles. The molecule has 19 nitrogen and oxygen atoms in total. The van der Waals surface area contributed by atoms with Gasteiger partial charge in [-0.2, -0.15) is 0 Å². The molecule has 19 heteroatoms. The van der Waals surface area contributed by atoms with E-state index in [9.17, 15) is 38.4 Å². The minimum atomic E-state index is -0.667. The highest BCUT2D eigenvalue weighted by Gasteiger charge is 2.40. The van der Waals surface area contributed by atoms with Crippen molar-refractivity contribution in [3.63, 3.8) is 0 Å². The van der Waals surface area contributed by atoms with Crippen molar-refractivity contribution in [3.05, 3.63) is 245 Å². The summed E-state index contributed by atoms with van der Waals surface area (Å²) in [4.78, 5) is 98.9. The van der Waals surface area contributed by atoms with Gasteiger partial charge in [0.05, 0.1) is 7.11 Å². The van der Waals surface area contributed by atoms with Gasteiger partial charge in [-0.25, -0.2) is 19.3 Å². The van der Waals surface area contributed by atoms with Gasteiger partial charge in [-0.3, -0.25) is 24.0 Å². The van der Waals surface area contributed by atoms with Crippen molar-refractivity contribution in [1.29, 1.82) is 0 Å². The molecule has 3 aliphatic rings. The second kappa shape index (κ2) is 64.8. The Hall–Kier alpha value is -10.3. The van der Waals surface area contributed by atoms with E-state index in [0.29, 0.717) is 69.8 Å². The normalized spacial score (nSPS) is 13.7. The largest absolute Gasteiger partial charge is 0.497 e. The standard InChI is InChI=1S/C20H31NO4.2C19H28O2.C18H20O3.C17H26O2.C15H22O2.C10H19NO2/c1-7-19(3,4)24-17(22)21(18(23)25-20(5,6)8-2)15-14-16-12-10-9-11-13-16;1-16(2)19(14-7-4-8-15-19)21-18(20)13-9-12-17-10-5-3-6-11-17;1-19(2,17-13-7-4-8-14-17)21-18(20)15-9-12-16-10-5-3-6-11-16;1-20-17-12-10-16(11-13-17)14-21-18(19)9-5-8-15-6-3-2-4-7-15;1-4-17(5-2,6-3)19-16(18)14-10-13-15-11-8-7-9-12-15;1-4-15(2,3)17-14(16)12-8-11-13-9-6-5-7-10-13;1-10(2,3)13-9(12)11-7-5-4-6-8-11/h9-13H,7-8,14-15H2,1-6H3;3,5-6,10-11,16H,4,7-9,12-15H2,1-2H3;3,5-6,10-11,17H,4,7-9,12-15H2,1-2H3;2-4,6-7,10-13H,5,8-9,14H2,1H3;7-9,11-12H,4-6,10,13-14H2,1-3H3;5-7,9-10H,4,8,11-12H2,1-3H3;4-8H2,1-3H3. The second-order valence-corrected chi connectivity index (χ2v) is 40.1. The Kier molecular flexibility index (Phi) is 56.3. The molecule has 0 bridgehead atoms. The van der Waals surface area contributed by atoms with Crippen LogP contribution in [0.2, 0.25) is 0 Å². The molecule has 1 saturated heterocycles. The van der Waals surface area contributed by atoms with Crippen LogP contribution in [0.4, 0.5) is 14.4 Å². The Morgan fingerprint density at radius 1 is 0.358 bits per heavy atom. The van der Waals surface area contributed by atoms with Crippen molar-refractivity contribution in [2.24, 2.45) is 11.8 Å². The third-order valence-electron chi connectivity index (χ3n) is 25.9. The summed E-state index contributed by atoms with van der Waals surface area (Å²) in [6.07, 6.45) is 30.8. The van der Waals surface area contributed by atoms with E-state index in [1.54, 1.807) is 12.0 Å². The molecule has 10 rings (SSSR count). The Bertz CT molecular complexity index is 4390. The molecule has 0 spiro atoms. The predicted molar refractivity (Wildman–Crippen MR) is 554 cm³/mol. The fourth-order valence-corrected chi connectivity index (χ4v) is 15.8. The van der Waals surface area contributed by atoms with Gasteiger partial charge in [0.25, 0.3) is 0 Å². The Morgan fingerprint density at radius 3 is 1.04 bits per heavy atom. The van der Waals surface area contributed by atoms with Crippen LogP contribution >= 0.6 is 0 Å². The molecule has 7 aromatic rings. The third-order valence-corrected chi connectivity index (χ3v) is 25.9. The number of carbonyl (C=O) groups is 8. The van der Waals surface area contributed by atoms with Crippen molar-refractivity contribution in [2.45, 2.75) is 402 Å². The molecule has 2 aliphatic carbocycles. The lowest BCUT2D eigenvalue weighted by atomic mass is 9.77. The van der Waals surface area contributed by atoms with Crippen LogP contribution in [0.1, 0.15) is 357 Å². The van der Waals surface area contributed by atoms with Crippen LogP contribution in [0, 0.1) is 11.8 Å². The molecular formula is C118H174N2O17. The Balaban J connectivity index is 0.000000336. The molecule has 7 aromatic carbocycles. The van der Waals surface area contributed by atoms with Crippen LogP contribution in [0.25, 0.3) is 0 Å². The first-order valence-electron chi connectivity index (χ1n) is 51.4. The van der Waals surface area contributed by atoms with E-state index >= 15 is 0 Å². The number of rotatable bonds is 40. The molecule has 2 saturated carbocycles. The van der Waals surface area contributed by atoms with Gasteiger partial charge in [0.1, 0.15) is 51.6 Å². The highest BCUT2D eigenvalue weighted by atomic mass is 16.6. The number of aryl methyl sites for hydroxylation is 5. The minimum Gasteiger partial charge on any atom is -0.497 e. The predicted octanol–water partition coefficient (Wildman–Crippen LogP) is 29.4. The zero-order valence-corrected chi connectivity index (χ0v) is 87.7. The number of benzene rings is 7. The first-order valence-corrected chi connectivity index (χ1v) is 51.4. The molecular weight excluding hydrogens is 1720 g/mol. The maximum Gasteiger partial charge on any atom is 0.419 e. The summed E-state index contributed by atoms with van der Waals surface area (Å²) in [7, 11) is 1.63. The minimum absolute atomic E-state index is 0.0125. The second-order valence-electron chi connectivity index (χ2n) is 40.1. The van der Waals surface area contributed by atoms with Gasteiger partial charge >= 0.3 is 48.1 Å². The summed E-state index contributed by atoms with van der Waals surface area (Å²) >= 11 is 0. The van der Waals surface area contributed by atoms with Gasteiger partial charge in [-0.05, 0) is 306 Å². The van der Waals surface area contributed by atoms with Gasteiger partial charge in [0.15, 0.2) is 0 Å². The summed E-state index contributed by atoms with van der Waals surface area (Å²) in [5.74, 6) is 1.40. The highest BCUT2D eigenvalue weighted by molar-refractivity contribution is 5.88. The lowest BCUT2D eigenvalue weighted by Crippen LogP contribution is -2.45. The number of imide groups is 1. The van der Waals surface area contributed by atoms with Gasteiger partial charge in [0.2, 0.25) is 0 Å². The number of esters is 5. The van der Waals surface area contributed by atoms with E-state index in [1.807, 2.05) is 229 Å². The van der Waals surface area contributed by atoms with E-state index in [2.05, 4.69) is 109 Å². The average molecular weight is 1890 g/mol. The van der Waals surface area contributed by atoms with E-state index in [1.165, 1.54) is 85.6 Å². The molecule has 0 radical (unpaired) electrons. The SMILES string of the molecule is CC(C)(C)OC(=O)N1CCCCC1.CC(C)(OC(=O)CCCc1ccccc1)C1CCCCC1.CC(C)C1(OC(=O)CCCc2ccccc2)CCCCC1.CCC(C)(C)OC(=O)CCCc1ccccc1.CCC(C)(C)OC(=O)N(CCc1ccccc1)C(=O)OC(C)(C)CC.CCC(CC)(CC)OC(=O)CCCc1ccccc1.COc1ccc(COC(=O)CCCc2ccccc2)cc1. The van der Waals surface area contributed by atoms with Crippen LogP contribution < -0.4 is 4.74 Å². The van der Waals surface area contributed by atoms with Gasteiger partial charge in [0, 0.05) is 51.7 Å². The van der Waals surface area contributed by atoms with Crippen LogP contribution in [0.5, 0.6) is 5.75 Å². The third kappa shape index (κ3) is 51.8. The average Bonchev–Trinajstić information content (AvgIpc) is 0.801. The van der Waals surface area contributed by atoms with Crippen molar-refractivity contribution in [3.8, 4) is 5.75 Å². The number of piperidine rings is 1. The quantitative estimate of drug-likeness (QED) is 0.0257. The molecule has 137 heavy (non-hydrogen) atoms. The molecule has 0 atom stereocenters. The van der Waals surface area contributed by atoms with E-state index in [0.717, 1.165) is 150 Å². The Morgan fingerprint density at radius 2 is 0.686 bits per heavy atom. The van der Waals surface area contributed by atoms with E-state index < -0.39 is 23.4 Å². The molecule has 758 valence electrons. The van der Waals surface area contributed by atoms with E-state index in [4.69, 9.17) is 42.6 Å². The maximum absolute atomic E-state index is 12.6. The van der Waals surface area contributed by atoms with Gasteiger partial charge in [-0.1, -0.05) is 275 Å². The first-order chi connectivity index (χ1) is 65.3. The molecule has 0 unspecified atom stereocenters.